The Bertz CT molecular complexity index is 4490. The zero-order valence-corrected chi connectivity index (χ0v) is 51.2. The van der Waals surface area contributed by atoms with E-state index in [1.807, 2.05) is 18.2 Å². The smallest absolute Gasteiger partial charge is 0.121 e. The van der Waals surface area contributed by atoms with Crippen molar-refractivity contribution in [1.82, 2.24) is 19.5 Å². The van der Waals surface area contributed by atoms with Crippen LogP contribution in [0.2, 0.25) is 0 Å². The monoisotopic (exact) mass is 1250 g/mol. The molecule has 9 aromatic carbocycles. The van der Waals surface area contributed by atoms with Gasteiger partial charge in [-0.1, -0.05) is 199 Å². The van der Waals surface area contributed by atoms with Crippen molar-refractivity contribution in [1.29, 1.82) is 0 Å². The van der Waals surface area contributed by atoms with Crippen molar-refractivity contribution in [3.8, 4) is 50.7 Å². The summed E-state index contributed by atoms with van der Waals surface area (Å²) in [6.07, 6.45) is 1.72. The van der Waals surface area contributed by atoms with Gasteiger partial charge >= 0.3 is 0 Å². The molecule has 0 saturated heterocycles. The number of hydrogen-bond acceptors (Lipinski definition) is 4. The van der Waals surface area contributed by atoms with E-state index in [2.05, 4.69) is 226 Å². The number of para-hydroxylation sites is 1. The van der Waals surface area contributed by atoms with Gasteiger partial charge < -0.3 is 8.98 Å². The Morgan fingerprint density at radius 2 is 1.22 bits per heavy atom. The van der Waals surface area contributed by atoms with E-state index in [4.69, 9.17) is 17.6 Å². The molecular formula is C75H74IrN4O-2. The molecule has 6 heteroatoms. The first-order valence-electron chi connectivity index (χ1n) is 31.0. The van der Waals surface area contributed by atoms with Gasteiger partial charge in [-0.2, -0.15) is 0 Å². The van der Waals surface area contributed by atoms with E-state index in [1.165, 1.54) is 39.1 Å². The van der Waals surface area contributed by atoms with Crippen LogP contribution >= 0.6 is 0 Å². The molecule has 12 rings (SSSR count). The molecule has 1 radical (unpaired) electrons. The molecule has 0 spiro atoms. The number of aryl methyl sites for hydroxylation is 2. The molecule has 0 aliphatic rings. The summed E-state index contributed by atoms with van der Waals surface area (Å²) < 4.78 is 57.5. The molecule has 0 unspecified atom stereocenters. The normalized spacial score (nSPS) is 13.7. The average molecular weight is 1250 g/mol. The van der Waals surface area contributed by atoms with Crippen LogP contribution in [0.25, 0.3) is 105 Å². The number of benzene rings is 9. The summed E-state index contributed by atoms with van der Waals surface area (Å²) >= 11 is 0. The topological polar surface area (TPSA) is 56.7 Å². The average Bonchev–Trinajstić information content (AvgIpc) is 1.66. The molecule has 3 aromatic heterocycles. The van der Waals surface area contributed by atoms with Crippen molar-refractivity contribution in [2.75, 3.05) is 0 Å². The van der Waals surface area contributed by atoms with Gasteiger partial charge in [0.1, 0.15) is 5.58 Å². The molecule has 0 bridgehead atoms. The molecule has 0 atom stereocenters. The molecule has 3 heterocycles. The Hall–Kier alpha value is -7.50. The summed E-state index contributed by atoms with van der Waals surface area (Å²) in [6, 6.07) is 60.4. The molecule has 411 valence electrons. The zero-order chi connectivity index (χ0) is 61.6. The summed E-state index contributed by atoms with van der Waals surface area (Å²) in [4.78, 5) is 14.1. The number of fused-ring (bicyclic) bond motifs is 7. The van der Waals surface area contributed by atoms with Crippen LogP contribution in [0, 0.1) is 25.8 Å². The first kappa shape index (κ1) is 49.3. The molecule has 81 heavy (non-hydrogen) atoms. The van der Waals surface area contributed by atoms with E-state index in [0.717, 1.165) is 60.8 Å². The summed E-state index contributed by atoms with van der Waals surface area (Å²) in [5.41, 5.74) is 15.9. The minimum atomic E-state index is -2.40. The van der Waals surface area contributed by atoms with Crippen LogP contribution in [0.4, 0.5) is 0 Å². The fourth-order valence-electron chi connectivity index (χ4n) is 10.9. The van der Waals surface area contributed by atoms with Gasteiger partial charge in [0.2, 0.25) is 0 Å². The first-order valence-corrected chi connectivity index (χ1v) is 28.0. The Morgan fingerprint density at radius 3 is 1.84 bits per heavy atom. The molecule has 5 nitrogen and oxygen atoms in total. The van der Waals surface area contributed by atoms with Crippen molar-refractivity contribution >= 4 is 54.5 Å². The Morgan fingerprint density at radius 1 is 0.556 bits per heavy atom. The summed E-state index contributed by atoms with van der Waals surface area (Å²) in [5.74, 6) is 1.31. The van der Waals surface area contributed by atoms with E-state index in [0.29, 0.717) is 39.4 Å². The van der Waals surface area contributed by atoms with Gasteiger partial charge in [-0.05, 0) is 138 Å². The Labute approximate surface area is 501 Å². The Kier molecular flexibility index (Phi) is 13.3. The third-order valence-corrected chi connectivity index (χ3v) is 15.5. The van der Waals surface area contributed by atoms with E-state index < -0.39 is 13.7 Å². The second-order valence-electron chi connectivity index (χ2n) is 25.2. The third-order valence-electron chi connectivity index (χ3n) is 15.5. The zero-order valence-electron chi connectivity index (χ0n) is 54.8. The van der Waals surface area contributed by atoms with Gasteiger partial charge in [0, 0.05) is 56.7 Å². The van der Waals surface area contributed by atoms with Crippen LogP contribution in [-0.4, -0.2) is 19.5 Å². The van der Waals surface area contributed by atoms with Crippen LogP contribution in [0.5, 0.6) is 0 Å². The number of hydrogen-bond donors (Lipinski definition) is 0. The van der Waals surface area contributed by atoms with E-state index >= 15 is 0 Å². The predicted octanol–water partition coefficient (Wildman–Crippen LogP) is 20.7. The fourth-order valence-corrected chi connectivity index (χ4v) is 10.9. The minimum Gasteiger partial charge on any atom is -0.501 e. The summed E-state index contributed by atoms with van der Waals surface area (Å²) in [5, 5.41) is 6.57. The van der Waals surface area contributed by atoms with E-state index in [9.17, 15) is 0 Å². The minimum absolute atomic E-state index is 0. The standard InChI is InChI=1S/C60H57N2O.C15H17N2.Ir/c1-35(2)49-31-43(39-24-22-38(23-25-39)42-28-44(59(6,7)8)33-45(29-42)60(9,10)11)32-50(36(3)4)56(49)62-55-37(5)16-14-21-53(55)61-58(62)48-20-15-19-47-52-30-41-27-26-40-17-12-13-18-46(40)51(41)34-54(52)63-57(47)48;1-11-5-7-12(8-6-11)14-16-10-9-13(17-14)15(2,3)4;/h12-19,21-36H,1-11H3;5-7,9-10H,1-4H3;/q2*-1;/i5D3;1D3;. The second-order valence-corrected chi connectivity index (χ2v) is 25.2. The maximum atomic E-state index is 8.81. The molecule has 0 fully saturated rings. The molecule has 0 aliphatic heterocycles. The number of nitrogens with zero attached hydrogens (tertiary/aromatic N) is 4. The summed E-state index contributed by atoms with van der Waals surface area (Å²) in [7, 11) is 0. The summed E-state index contributed by atoms with van der Waals surface area (Å²) in [6.45, 7) is 24.3. The SMILES string of the molecule is [2H]C([2H])([2H])c1c[c-]c(-c2nccc(C(C)(C)C)n2)cc1.[2H]C([2H])([2H])c1cccc2nc(-c3[c-]ccc4c3oc3cc5c(ccc6ccccc65)cc34)n(-c3c(C(C)C)cc(-c4ccc(-c5cc(C(C)(C)C)cc(C(C)(C)C)c5)cc4)cc3C(C)C)c12.[Ir]. The van der Waals surface area contributed by atoms with Crippen LogP contribution < -0.4 is 0 Å². The third kappa shape index (κ3) is 11.1. The number of aromatic nitrogens is 4. The first-order chi connectivity index (χ1) is 40.4. The largest absolute Gasteiger partial charge is 0.501 e. The van der Waals surface area contributed by atoms with Crippen LogP contribution in [-0.2, 0) is 36.4 Å². The maximum absolute atomic E-state index is 8.81. The number of imidazole rings is 1. The van der Waals surface area contributed by atoms with E-state index in [-0.39, 0.29) is 59.3 Å². The van der Waals surface area contributed by atoms with Crippen LogP contribution in [0.1, 0.15) is 149 Å². The van der Waals surface area contributed by atoms with Crippen LogP contribution in [0.15, 0.2) is 168 Å². The molecule has 0 N–H and O–H groups in total. The van der Waals surface area contributed by atoms with Gasteiger partial charge in [0.05, 0.1) is 28.3 Å². The van der Waals surface area contributed by atoms with Gasteiger partial charge in [0.25, 0.3) is 0 Å². The van der Waals surface area contributed by atoms with Crippen molar-refractivity contribution < 1.29 is 32.7 Å². The van der Waals surface area contributed by atoms with Crippen molar-refractivity contribution in [2.24, 2.45) is 0 Å². The Balaban J connectivity index is 0.000000339. The quantitative estimate of drug-likeness (QED) is 0.118. The fraction of sp³-hybridized carbons (Fsp3) is 0.267. The van der Waals surface area contributed by atoms with E-state index in [1.54, 1.807) is 30.5 Å². The molecule has 0 amide bonds. The van der Waals surface area contributed by atoms with Crippen molar-refractivity contribution in [2.45, 2.75) is 132 Å². The molecule has 0 saturated carbocycles. The molecule has 12 aromatic rings. The predicted molar refractivity (Wildman–Crippen MR) is 339 cm³/mol. The van der Waals surface area contributed by atoms with Crippen molar-refractivity contribution in [3.05, 3.63) is 215 Å². The maximum Gasteiger partial charge on any atom is 0.121 e. The number of furan rings is 1. The van der Waals surface area contributed by atoms with Gasteiger partial charge in [-0.25, -0.2) is 0 Å². The molecular weight excluding hydrogens is 1170 g/mol. The van der Waals surface area contributed by atoms with Crippen molar-refractivity contribution in [3.63, 3.8) is 0 Å². The molecule has 0 aliphatic carbocycles. The van der Waals surface area contributed by atoms with Crippen LogP contribution in [0.3, 0.4) is 0 Å². The van der Waals surface area contributed by atoms with Gasteiger partial charge in [-0.3, -0.25) is 15.0 Å². The van der Waals surface area contributed by atoms with Gasteiger partial charge in [0.15, 0.2) is 0 Å². The van der Waals surface area contributed by atoms with Gasteiger partial charge in [-0.15, -0.1) is 53.6 Å². The second kappa shape index (κ2) is 21.8. The number of rotatable bonds is 7.